The van der Waals surface area contributed by atoms with Gasteiger partial charge in [0.05, 0.1) is 20.4 Å². The SMILES string of the molecule is N#Cc1cc(S(=O)(=O)N2CCCN(S(=O)(=O)c3ccc(F)cc3)CC2)ccc1Cl. The van der Waals surface area contributed by atoms with Gasteiger partial charge in [-0.2, -0.15) is 13.9 Å². The molecule has 0 aliphatic carbocycles. The maximum Gasteiger partial charge on any atom is 0.243 e. The van der Waals surface area contributed by atoms with E-state index in [9.17, 15) is 21.2 Å². The first kappa shape index (κ1) is 21.7. The highest BCUT2D eigenvalue weighted by atomic mass is 35.5. The van der Waals surface area contributed by atoms with Gasteiger partial charge in [0, 0.05) is 26.2 Å². The van der Waals surface area contributed by atoms with Gasteiger partial charge in [0.15, 0.2) is 0 Å². The van der Waals surface area contributed by atoms with Gasteiger partial charge in [-0.25, -0.2) is 21.2 Å². The van der Waals surface area contributed by atoms with Gasteiger partial charge >= 0.3 is 0 Å². The predicted molar refractivity (Wildman–Crippen MR) is 105 cm³/mol. The topological polar surface area (TPSA) is 98.5 Å². The molecule has 29 heavy (non-hydrogen) atoms. The van der Waals surface area contributed by atoms with E-state index >= 15 is 0 Å². The van der Waals surface area contributed by atoms with Gasteiger partial charge < -0.3 is 0 Å². The fourth-order valence-electron chi connectivity index (χ4n) is 3.01. The minimum Gasteiger partial charge on any atom is -0.207 e. The van der Waals surface area contributed by atoms with E-state index in [2.05, 4.69) is 0 Å². The Labute approximate surface area is 174 Å². The van der Waals surface area contributed by atoms with Gasteiger partial charge in [-0.15, -0.1) is 0 Å². The molecule has 0 bridgehead atoms. The highest BCUT2D eigenvalue weighted by molar-refractivity contribution is 7.89. The summed E-state index contributed by atoms with van der Waals surface area (Å²) in [5.74, 6) is -0.545. The van der Waals surface area contributed by atoms with Crippen molar-refractivity contribution in [2.24, 2.45) is 0 Å². The zero-order valence-corrected chi connectivity index (χ0v) is 17.5. The van der Waals surface area contributed by atoms with Crippen molar-refractivity contribution in [3.8, 4) is 6.07 Å². The molecular weight excluding hydrogens is 441 g/mol. The summed E-state index contributed by atoms with van der Waals surface area (Å²) in [6.07, 6.45) is 0.290. The summed E-state index contributed by atoms with van der Waals surface area (Å²) in [6.45, 7) is 0.170. The van der Waals surface area contributed by atoms with Crippen molar-refractivity contribution >= 4 is 31.6 Å². The summed E-state index contributed by atoms with van der Waals surface area (Å²) in [6, 6.07) is 10.2. The minimum atomic E-state index is -3.92. The van der Waals surface area contributed by atoms with E-state index in [0.29, 0.717) is 6.42 Å². The highest BCUT2D eigenvalue weighted by Crippen LogP contribution is 2.24. The molecular formula is C18H17ClFN3O4S2. The normalized spacial score (nSPS) is 16.9. The molecule has 3 rings (SSSR count). The summed E-state index contributed by atoms with van der Waals surface area (Å²) < 4.78 is 66.9. The first-order valence-corrected chi connectivity index (χ1v) is 11.9. The van der Waals surface area contributed by atoms with Crippen molar-refractivity contribution in [1.82, 2.24) is 8.61 Å². The van der Waals surface area contributed by atoms with E-state index in [4.69, 9.17) is 16.9 Å². The van der Waals surface area contributed by atoms with Crippen molar-refractivity contribution in [3.05, 3.63) is 58.9 Å². The molecule has 0 radical (unpaired) electrons. The summed E-state index contributed by atoms with van der Waals surface area (Å²) in [5, 5.41) is 9.23. The lowest BCUT2D eigenvalue weighted by molar-refractivity contribution is 0.404. The largest absolute Gasteiger partial charge is 0.243 e. The summed E-state index contributed by atoms with van der Waals surface area (Å²) in [5.41, 5.74) is 0.0445. The second-order valence-corrected chi connectivity index (χ2v) is 10.7. The van der Waals surface area contributed by atoms with Gasteiger partial charge in [0.2, 0.25) is 20.0 Å². The number of hydrogen-bond donors (Lipinski definition) is 0. The van der Waals surface area contributed by atoms with E-state index in [1.807, 2.05) is 6.07 Å². The van der Waals surface area contributed by atoms with Crippen LogP contribution in [-0.4, -0.2) is 51.6 Å². The first-order valence-electron chi connectivity index (χ1n) is 8.62. The molecule has 1 aliphatic heterocycles. The summed E-state index contributed by atoms with van der Waals surface area (Å²) >= 11 is 5.87. The Morgan fingerprint density at radius 3 is 1.93 bits per heavy atom. The van der Waals surface area contributed by atoms with Gasteiger partial charge in [-0.1, -0.05) is 11.6 Å². The maximum atomic E-state index is 13.1. The van der Waals surface area contributed by atoms with Crippen LogP contribution < -0.4 is 0 Å². The molecule has 1 heterocycles. The Kier molecular flexibility index (Phi) is 6.26. The van der Waals surface area contributed by atoms with Crippen LogP contribution in [0.5, 0.6) is 0 Å². The Bertz CT molecular complexity index is 1160. The summed E-state index contributed by atoms with van der Waals surface area (Å²) in [4.78, 5) is -0.125. The lowest BCUT2D eigenvalue weighted by Crippen LogP contribution is -2.37. The molecule has 7 nitrogen and oxygen atoms in total. The van der Waals surface area contributed by atoms with Crippen LogP contribution in [0.2, 0.25) is 5.02 Å². The van der Waals surface area contributed by atoms with Crippen LogP contribution in [-0.2, 0) is 20.0 Å². The molecule has 0 N–H and O–H groups in total. The average molecular weight is 458 g/mol. The number of halogens is 2. The lowest BCUT2D eigenvalue weighted by Gasteiger charge is -2.22. The third-order valence-corrected chi connectivity index (χ3v) is 8.70. The fraction of sp³-hybridized carbons (Fsp3) is 0.278. The van der Waals surface area contributed by atoms with E-state index < -0.39 is 25.9 Å². The predicted octanol–water partition coefficient (Wildman–Crippen LogP) is 2.44. The minimum absolute atomic E-state index is 0.0440. The molecule has 0 atom stereocenters. The van der Waals surface area contributed by atoms with E-state index in [1.165, 1.54) is 38.9 Å². The monoisotopic (exact) mass is 457 g/mol. The molecule has 2 aromatic rings. The molecule has 0 spiro atoms. The third kappa shape index (κ3) is 4.44. The zero-order valence-electron chi connectivity index (χ0n) is 15.1. The number of nitrogens with zero attached hydrogens (tertiary/aromatic N) is 3. The number of nitriles is 1. The number of rotatable bonds is 4. The van der Waals surface area contributed by atoms with Crippen LogP contribution in [0.4, 0.5) is 4.39 Å². The Hall–Kier alpha value is -2.03. The molecule has 1 aliphatic rings. The van der Waals surface area contributed by atoms with Crippen LogP contribution in [0, 0.1) is 17.1 Å². The average Bonchev–Trinajstić information content (AvgIpc) is 2.96. The molecule has 0 amide bonds. The van der Waals surface area contributed by atoms with Crippen LogP contribution in [0.15, 0.2) is 52.3 Å². The van der Waals surface area contributed by atoms with Crippen molar-refractivity contribution in [3.63, 3.8) is 0 Å². The highest BCUT2D eigenvalue weighted by Gasteiger charge is 2.32. The molecule has 154 valence electrons. The quantitative estimate of drug-likeness (QED) is 0.702. The van der Waals surface area contributed by atoms with E-state index in [1.54, 1.807) is 0 Å². The zero-order chi connectivity index (χ0) is 21.2. The van der Waals surface area contributed by atoms with Gasteiger partial charge in [0.25, 0.3) is 0 Å². The second kappa shape index (κ2) is 8.38. The van der Waals surface area contributed by atoms with Gasteiger partial charge in [-0.05, 0) is 48.9 Å². The molecule has 0 unspecified atom stereocenters. The second-order valence-electron chi connectivity index (χ2n) is 6.37. The Balaban J connectivity index is 1.82. The van der Waals surface area contributed by atoms with Crippen molar-refractivity contribution in [2.75, 3.05) is 26.2 Å². The Morgan fingerprint density at radius 1 is 0.862 bits per heavy atom. The molecule has 1 saturated heterocycles. The summed E-state index contributed by atoms with van der Waals surface area (Å²) in [7, 11) is -7.79. The van der Waals surface area contributed by atoms with Crippen molar-refractivity contribution < 1.29 is 21.2 Å². The first-order chi connectivity index (χ1) is 13.7. The van der Waals surface area contributed by atoms with Gasteiger partial charge in [0.1, 0.15) is 11.9 Å². The van der Waals surface area contributed by atoms with Crippen molar-refractivity contribution in [2.45, 2.75) is 16.2 Å². The van der Waals surface area contributed by atoms with Crippen LogP contribution in [0.3, 0.4) is 0 Å². The van der Waals surface area contributed by atoms with Gasteiger partial charge in [-0.3, -0.25) is 0 Å². The van der Waals surface area contributed by atoms with E-state index in [-0.39, 0.29) is 46.6 Å². The van der Waals surface area contributed by atoms with Crippen LogP contribution >= 0.6 is 11.6 Å². The number of sulfonamides is 2. The van der Waals surface area contributed by atoms with Crippen LogP contribution in [0.25, 0.3) is 0 Å². The molecule has 0 saturated carbocycles. The standard InChI is InChI=1S/C18H17ClFN3O4S2/c19-18-7-6-17(12-14(18)13-21)29(26,27)23-9-1-8-22(10-11-23)28(24,25)16-4-2-15(20)3-5-16/h2-7,12H,1,8-11H2. The van der Waals surface area contributed by atoms with Crippen molar-refractivity contribution in [1.29, 1.82) is 5.26 Å². The fourth-order valence-corrected chi connectivity index (χ4v) is 6.13. The van der Waals surface area contributed by atoms with Crippen LogP contribution in [0.1, 0.15) is 12.0 Å². The van der Waals surface area contributed by atoms with E-state index in [0.717, 1.165) is 12.1 Å². The maximum absolute atomic E-state index is 13.1. The Morgan fingerprint density at radius 2 is 1.38 bits per heavy atom. The molecule has 0 aromatic heterocycles. The number of benzene rings is 2. The third-order valence-electron chi connectivity index (χ3n) is 4.56. The smallest absolute Gasteiger partial charge is 0.207 e. The lowest BCUT2D eigenvalue weighted by atomic mass is 10.2. The molecule has 2 aromatic carbocycles. The molecule has 11 heteroatoms. The molecule has 1 fully saturated rings. The number of hydrogen-bond acceptors (Lipinski definition) is 5.